The summed E-state index contributed by atoms with van der Waals surface area (Å²) in [6, 6.07) is 7.01. The summed E-state index contributed by atoms with van der Waals surface area (Å²) >= 11 is 0. The lowest BCUT2D eigenvalue weighted by Gasteiger charge is -2.11. The third-order valence-corrected chi connectivity index (χ3v) is 3.69. The van der Waals surface area contributed by atoms with E-state index >= 15 is 0 Å². The SMILES string of the molecule is O=C(Nc1cncc(OCC(F)(F)F)c1)c1ccnc(Nc2cccc(C(F)(F)F)n2)c1. The second-order valence-corrected chi connectivity index (χ2v) is 6.23. The third-order valence-electron chi connectivity index (χ3n) is 3.69. The third kappa shape index (κ3) is 6.55. The van der Waals surface area contributed by atoms with Gasteiger partial charge in [0, 0.05) is 17.8 Å². The highest BCUT2D eigenvalue weighted by Crippen LogP contribution is 2.28. The zero-order valence-corrected chi connectivity index (χ0v) is 15.8. The molecule has 0 aliphatic heterocycles. The van der Waals surface area contributed by atoms with Crippen molar-refractivity contribution in [1.82, 2.24) is 15.0 Å². The minimum absolute atomic E-state index is 0.0462. The van der Waals surface area contributed by atoms with Crippen molar-refractivity contribution in [2.75, 3.05) is 17.2 Å². The Balaban J connectivity index is 1.70. The zero-order chi connectivity index (χ0) is 23.4. The van der Waals surface area contributed by atoms with Crippen LogP contribution in [-0.2, 0) is 6.18 Å². The molecule has 0 aliphatic carbocycles. The fourth-order valence-corrected chi connectivity index (χ4v) is 2.37. The largest absolute Gasteiger partial charge is 0.482 e. The van der Waals surface area contributed by atoms with Crippen molar-refractivity contribution in [3.8, 4) is 5.75 Å². The monoisotopic (exact) mass is 457 g/mol. The lowest BCUT2D eigenvalue weighted by Crippen LogP contribution is -2.19. The van der Waals surface area contributed by atoms with Crippen molar-refractivity contribution in [3.05, 3.63) is 66.2 Å². The van der Waals surface area contributed by atoms with E-state index in [9.17, 15) is 31.1 Å². The number of nitrogens with one attached hydrogen (secondary N) is 2. The van der Waals surface area contributed by atoms with Crippen LogP contribution in [0.1, 0.15) is 16.1 Å². The van der Waals surface area contributed by atoms with Crippen LogP contribution in [0.5, 0.6) is 5.75 Å². The molecule has 0 aliphatic rings. The molecule has 168 valence electrons. The summed E-state index contributed by atoms with van der Waals surface area (Å²) in [4.78, 5) is 23.5. The van der Waals surface area contributed by atoms with Crippen molar-refractivity contribution in [2.45, 2.75) is 12.4 Å². The number of carbonyl (C=O) groups excluding carboxylic acids is 1. The van der Waals surface area contributed by atoms with Gasteiger partial charge in [-0.2, -0.15) is 26.3 Å². The van der Waals surface area contributed by atoms with Crippen molar-refractivity contribution in [3.63, 3.8) is 0 Å². The average Bonchev–Trinajstić information content (AvgIpc) is 2.72. The Morgan fingerprint density at radius 3 is 2.50 bits per heavy atom. The molecule has 0 saturated heterocycles. The lowest BCUT2D eigenvalue weighted by atomic mass is 10.2. The van der Waals surface area contributed by atoms with E-state index in [1.54, 1.807) is 0 Å². The number of hydrogen-bond acceptors (Lipinski definition) is 6. The maximum atomic E-state index is 12.8. The summed E-state index contributed by atoms with van der Waals surface area (Å²) in [5.41, 5.74) is -0.965. The first kappa shape index (κ1) is 22.8. The number of rotatable bonds is 6. The van der Waals surface area contributed by atoms with Gasteiger partial charge in [-0.25, -0.2) is 9.97 Å². The Labute approximate surface area is 176 Å². The topological polar surface area (TPSA) is 89.0 Å². The highest BCUT2D eigenvalue weighted by atomic mass is 19.4. The van der Waals surface area contributed by atoms with Gasteiger partial charge >= 0.3 is 12.4 Å². The molecule has 0 spiro atoms. The van der Waals surface area contributed by atoms with Crippen LogP contribution in [0.25, 0.3) is 0 Å². The smallest absolute Gasteiger partial charge is 0.433 e. The summed E-state index contributed by atoms with van der Waals surface area (Å²) in [6.45, 7) is -1.52. The second kappa shape index (κ2) is 9.08. The second-order valence-electron chi connectivity index (χ2n) is 6.23. The first-order valence-corrected chi connectivity index (χ1v) is 8.73. The normalized spacial score (nSPS) is 11.7. The van der Waals surface area contributed by atoms with Crippen molar-refractivity contribution < 1.29 is 35.9 Å². The van der Waals surface area contributed by atoms with Crippen molar-refractivity contribution >= 4 is 23.2 Å². The van der Waals surface area contributed by atoms with Crippen LogP contribution < -0.4 is 15.4 Å². The van der Waals surface area contributed by atoms with Crippen LogP contribution in [0.2, 0.25) is 0 Å². The van der Waals surface area contributed by atoms with E-state index in [0.29, 0.717) is 0 Å². The molecule has 3 aromatic rings. The molecule has 3 aromatic heterocycles. The van der Waals surface area contributed by atoms with Gasteiger partial charge in [0.2, 0.25) is 0 Å². The molecule has 0 atom stereocenters. The summed E-state index contributed by atoms with van der Waals surface area (Å²) in [5, 5.41) is 5.01. The van der Waals surface area contributed by atoms with Crippen molar-refractivity contribution in [2.24, 2.45) is 0 Å². The molecule has 7 nitrogen and oxygen atoms in total. The summed E-state index contributed by atoms with van der Waals surface area (Å²) < 4.78 is 79.7. The molecule has 2 N–H and O–H groups in total. The zero-order valence-electron chi connectivity index (χ0n) is 15.8. The number of anilines is 3. The standard InChI is InChI=1S/C19H13F6N5O2/c20-18(21,22)10-32-13-7-12(8-26-9-13)28-17(31)11-4-5-27-16(6-11)30-15-3-1-2-14(29-15)19(23,24)25/h1-9H,10H2,(H,28,31)(H,27,29,30). The molecule has 3 heterocycles. The highest BCUT2D eigenvalue weighted by Gasteiger charge is 2.32. The fraction of sp³-hybridized carbons (Fsp3) is 0.158. The summed E-state index contributed by atoms with van der Waals surface area (Å²) in [5.74, 6) is -0.955. The fourth-order valence-electron chi connectivity index (χ4n) is 2.37. The maximum Gasteiger partial charge on any atom is 0.433 e. The molecule has 1 amide bonds. The molecule has 0 aromatic carbocycles. The number of alkyl halides is 6. The molecule has 0 saturated carbocycles. The van der Waals surface area contributed by atoms with Crippen LogP contribution in [-0.4, -0.2) is 33.6 Å². The Bertz CT molecular complexity index is 1100. The summed E-state index contributed by atoms with van der Waals surface area (Å²) in [6.07, 6.45) is -5.66. The van der Waals surface area contributed by atoms with Gasteiger partial charge in [0.1, 0.15) is 23.1 Å². The number of nitrogens with zero attached hydrogens (tertiary/aromatic N) is 3. The molecule has 0 bridgehead atoms. The first-order chi connectivity index (χ1) is 15.0. The number of ether oxygens (including phenoxy) is 1. The van der Waals surface area contributed by atoms with Gasteiger partial charge in [-0.15, -0.1) is 0 Å². The predicted molar refractivity (Wildman–Crippen MR) is 100 cm³/mol. The van der Waals surface area contributed by atoms with E-state index in [1.165, 1.54) is 30.6 Å². The Hall–Kier alpha value is -3.90. The molecular formula is C19H13F6N5O2. The predicted octanol–water partition coefficient (Wildman–Crippen LogP) is 4.83. The first-order valence-electron chi connectivity index (χ1n) is 8.73. The number of carbonyl (C=O) groups is 1. The Morgan fingerprint density at radius 1 is 1.00 bits per heavy atom. The van der Waals surface area contributed by atoms with Gasteiger partial charge in [-0.05, 0) is 24.3 Å². The molecule has 32 heavy (non-hydrogen) atoms. The maximum absolute atomic E-state index is 12.8. The number of halogens is 6. The minimum atomic E-state index is -4.63. The van der Waals surface area contributed by atoms with Gasteiger partial charge < -0.3 is 15.4 Å². The van der Waals surface area contributed by atoms with Crippen LogP contribution in [0, 0.1) is 0 Å². The molecule has 0 unspecified atom stereocenters. The number of amides is 1. The van der Waals surface area contributed by atoms with E-state index in [-0.39, 0.29) is 28.6 Å². The van der Waals surface area contributed by atoms with Crippen LogP contribution in [0.4, 0.5) is 43.7 Å². The van der Waals surface area contributed by atoms with E-state index in [0.717, 1.165) is 24.4 Å². The van der Waals surface area contributed by atoms with Crippen molar-refractivity contribution in [1.29, 1.82) is 0 Å². The number of hydrogen-bond donors (Lipinski definition) is 2. The Morgan fingerprint density at radius 2 is 1.78 bits per heavy atom. The van der Waals surface area contributed by atoms with Gasteiger partial charge in [0.05, 0.1) is 18.1 Å². The van der Waals surface area contributed by atoms with E-state index in [2.05, 4.69) is 30.3 Å². The van der Waals surface area contributed by atoms with E-state index in [4.69, 9.17) is 0 Å². The highest BCUT2D eigenvalue weighted by molar-refractivity contribution is 6.04. The molecule has 13 heteroatoms. The van der Waals surface area contributed by atoms with Crippen LogP contribution >= 0.6 is 0 Å². The quantitative estimate of drug-likeness (QED) is 0.516. The number of aromatic nitrogens is 3. The van der Waals surface area contributed by atoms with Gasteiger partial charge in [-0.1, -0.05) is 6.07 Å². The van der Waals surface area contributed by atoms with Crippen LogP contribution in [0.15, 0.2) is 55.0 Å². The molecule has 0 fully saturated rings. The van der Waals surface area contributed by atoms with E-state index in [1.807, 2.05) is 0 Å². The van der Waals surface area contributed by atoms with Crippen LogP contribution in [0.3, 0.4) is 0 Å². The Kier molecular flexibility index (Phi) is 6.46. The van der Waals surface area contributed by atoms with Gasteiger partial charge in [0.25, 0.3) is 5.91 Å². The number of pyridine rings is 3. The average molecular weight is 457 g/mol. The minimum Gasteiger partial charge on any atom is -0.482 e. The molecule has 0 radical (unpaired) electrons. The van der Waals surface area contributed by atoms with E-state index < -0.39 is 30.6 Å². The van der Waals surface area contributed by atoms with Gasteiger partial charge in [0.15, 0.2) is 6.61 Å². The molecular weight excluding hydrogens is 444 g/mol. The lowest BCUT2D eigenvalue weighted by molar-refractivity contribution is -0.153. The molecule has 3 rings (SSSR count). The summed E-state index contributed by atoms with van der Waals surface area (Å²) in [7, 11) is 0. The van der Waals surface area contributed by atoms with Gasteiger partial charge in [-0.3, -0.25) is 9.78 Å².